The third-order valence-corrected chi connectivity index (χ3v) is 5.51. The molecule has 0 spiro atoms. The number of rotatable bonds is 6. The second-order valence-corrected chi connectivity index (χ2v) is 7.83. The first-order valence-electron chi connectivity index (χ1n) is 8.57. The molecular weight excluding hydrogens is 390 g/mol. The minimum Gasteiger partial charge on any atom is -0.493 e. The van der Waals surface area contributed by atoms with Crippen molar-refractivity contribution in [1.29, 1.82) is 0 Å². The normalized spacial score (nSPS) is 15.0. The molecule has 0 unspecified atom stereocenters. The van der Waals surface area contributed by atoms with Gasteiger partial charge < -0.3 is 9.47 Å². The molecule has 142 valence electrons. The maximum absolute atomic E-state index is 12.8. The Hall–Kier alpha value is -2.75. The van der Waals surface area contributed by atoms with Gasteiger partial charge in [0.05, 0.1) is 18.6 Å². The van der Waals surface area contributed by atoms with Gasteiger partial charge in [-0.15, -0.1) is 6.42 Å². The first kappa shape index (κ1) is 20.0. The predicted octanol–water partition coefficient (Wildman–Crippen LogP) is 4.42. The average Bonchev–Trinajstić information content (AvgIpc) is 2.95. The first-order chi connectivity index (χ1) is 13.5. The Bertz CT molecular complexity index is 974. The van der Waals surface area contributed by atoms with E-state index in [1.165, 1.54) is 17.3 Å². The lowest BCUT2D eigenvalue weighted by Gasteiger charge is -2.14. The molecule has 0 saturated carbocycles. The van der Waals surface area contributed by atoms with Crippen LogP contribution in [0.15, 0.2) is 47.4 Å². The Morgan fingerprint density at radius 1 is 1.21 bits per heavy atom. The molecule has 0 N–H and O–H groups in total. The first-order valence-corrected chi connectivity index (χ1v) is 9.79. The molecule has 1 aliphatic heterocycles. The summed E-state index contributed by atoms with van der Waals surface area (Å²) in [5, 5.41) is 0. The van der Waals surface area contributed by atoms with Crippen LogP contribution in [0.25, 0.3) is 6.08 Å². The number of thiocarbonyl (C=S) groups is 1. The number of ether oxygens (including phenoxy) is 2. The standard InChI is InChI=1S/C22H19NO3S2/c1-4-11-26-18-10-9-17(12-19(18)25-3)13-20-21(24)23(22(27)28-20)14-16-7-5-15(2)6-8-16/h1,5-10,12-13H,11,14H2,2-3H3. The Labute approximate surface area is 174 Å². The van der Waals surface area contributed by atoms with Crippen molar-refractivity contribution in [3.8, 4) is 23.8 Å². The van der Waals surface area contributed by atoms with E-state index in [0.29, 0.717) is 27.3 Å². The SMILES string of the molecule is C#CCOc1ccc(C=C2SC(=S)N(Cc3ccc(C)cc3)C2=O)cc1OC. The number of hydrogen-bond donors (Lipinski definition) is 0. The van der Waals surface area contributed by atoms with Crippen molar-refractivity contribution < 1.29 is 14.3 Å². The number of nitrogens with zero attached hydrogens (tertiary/aromatic N) is 1. The lowest BCUT2D eigenvalue weighted by atomic mass is 10.1. The summed E-state index contributed by atoms with van der Waals surface area (Å²) in [7, 11) is 1.56. The molecule has 1 heterocycles. The molecule has 1 saturated heterocycles. The molecule has 0 bridgehead atoms. The summed E-state index contributed by atoms with van der Waals surface area (Å²) in [6, 6.07) is 13.5. The van der Waals surface area contributed by atoms with Crippen LogP contribution >= 0.6 is 24.0 Å². The van der Waals surface area contributed by atoms with Crippen molar-refractivity contribution in [2.45, 2.75) is 13.5 Å². The lowest BCUT2D eigenvalue weighted by Crippen LogP contribution is -2.27. The molecule has 1 aliphatic rings. The van der Waals surface area contributed by atoms with Crippen molar-refractivity contribution in [2.24, 2.45) is 0 Å². The molecule has 4 nitrogen and oxygen atoms in total. The van der Waals surface area contributed by atoms with Gasteiger partial charge in [0.2, 0.25) is 0 Å². The number of carbonyl (C=O) groups is 1. The van der Waals surface area contributed by atoms with E-state index in [2.05, 4.69) is 5.92 Å². The van der Waals surface area contributed by atoms with E-state index in [1.54, 1.807) is 24.1 Å². The molecule has 2 aromatic rings. The van der Waals surface area contributed by atoms with Crippen LogP contribution < -0.4 is 9.47 Å². The molecule has 0 atom stereocenters. The molecule has 1 fully saturated rings. The summed E-state index contributed by atoms with van der Waals surface area (Å²) >= 11 is 6.72. The van der Waals surface area contributed by atoms with E-state index in [-0.39, 0.29) is 12.5 Å². The Morgan fingerprint density at radius 2 is 1.96 bits per heavy atom. The second kappa shape index (κ2) is 8.96. The fraction of sp³-hybridized carbons (Fsp3) is 0.182. The molecule has 0 radical (unpaired) electrons. The van der Waals surface area contributed by atoms with Crippen LogP contribution in [0.4, 0.5) is 0 Å². The lowest BCUT2D eigenvalue weighted by molar-refractivity contribution is -0.122. The molecule has 3 rings (SSSR count). The number of aryl methyl sites for hydroxylation is 1. The Morgan fingerprint density at radius 3 is 2.64 bits per heavy atom. The van der Waals surface area contributed by atoms with Gasteiger partial charge >= 0.3 is 0 Å². The Kier molecular flexibility index (Phi) is 6.40. The zero-order valence-corrected chi connectivity index (χ0v) is 17.2. The zero-order valence-electron chi connectivity index (χ0n) is 15.6. The van der Waals surface area contributed by atoms with Crippen molar-refractivity contribution in [3.63, 3.8) is 0 Å². The largest absolute Gasteiger partial charge is 0.493 e. The van der Waals surface area contributed by atoms with Crippen LogP contribution in [0.2, 0.25) is 0 Å². The van der Waals surface area contributed by atoms with Crippen molar-refractivity contribution in [3.05, 3.63) is 64.1 Å². The van der Waals surface area contributed by atoms with Gasteiger partial charge in [0.15, 0.2) is 11.5 Å². The van der Waals surface area contributed by atoms with Gasteiger partial charge in [-0.05, 0) is 36.3 Å². The summed E-state index contributed by atoms with van der Waals surface area (Å²) in [4.78, 5) is 15.0. The van der Waals surface area contributed by atoms with Crippen LogP contribution in [-0.4, -0.2) is 28.8 Å². The smallest absolute Gasteiger partial charge is 0.266 e. The van der Waals surface area contributed by atoms with Crippen LogP contribution in [0.1, 0.15) is 16.7 Å². The van der Waals surface area contributed by atoms with E-state index in [1.807, 2.05) is 43.3 Å². The fourth-order valence-corrected chi connectivity index (χ4v) is 3.93. The van der Waals surface area contributed by atoms with E-state index in [0.717, 1.165) is 11.1 Å². The van der Waals surface area contributed by atoms with Gasteiger partial charge in [0, 0.05) is 0 Å². The maximum atomic E-state index is 12.8. The minimum atomic E-state index is -0.0952. The van der Waals surface area contributed by atoms with Crippen molar-refractivity contribution in [1.82, 2.24) is 4.90 Å². The van der Waals surface area contributed by atoms with Crippen molar-refractivity contribution >= 4 is 40.3 Å². The maximum Gasteiger partial charge on any atom is 0.266 e. The zero-order chi connectivity index (χ0) is 20.1. The summed E-state index contributed by atoms with van der Waals surface area (Å²) < 4.78 is 11.4. The number of methoxy groups -OCH3 is 1. The fourth-order valence-electron chi connectivity index (χ4n) is 2.68. The highest BCUT2D eigenvalue weighted by Crippen LogP contribution is 2.35. The van der Waals surface area contributed by atoms with Gasteiger partial charge in [0.1, 0.15) is 10.9 Å². The van der Waals surface area contributed by atoms with E-state index in [4.69, 9.17) is 28.1 Å². The molecule has 0 aliphatic carbocycles. The number of benzene rings is 2. The molecule has 1 amide bonds. The molecular formula is C22H19NO3S2. The number of thioether (sulfide) groups is 1. The van der Waals surface area contributed by atoms with E-state index < -0.39 is 0 Å². The molecule has 28 heavy (non-hydrogen) atoms. The summed E-state index contributed by atoms with van der Waals surface area (Å²) in [5.74, 6) is 3.44. The number of amides is 1. The highest BCUT2D eigenvalue weighted by Gasteiger charge is 2.32. The van der Waals surface area contributed by atoms with Crippen LogP contribution in [0, 0.1) is 19.3 Å². The highest BCUT2D eigenvalue weighted by molar-refractivity contribution is 8.26. The predicted molar refractivity (Wildman–Crippen MR) is 117 cm³/mol. The monoisotopic (exact) mass is 409 g/mol. The highest BCUT2D eigenvalue weighted by atomic mass is 32.2. The van der Waals surface area contributed by atoms with Gasteiger partial charge in [-0.2, -0.15) is 0 Å². The third kappa shape index (κ3) is 4.56. The number of hydrogen-bond acceptors (Lipinski definition) is 5. The number of carbonyl (C=O) groups excluding carboxylic acids is 1. The topological polar surface area (TPSA) is 38.8 Å². The third-order valence-electron chi connectivity index (χ3n) is 4.13. The summed E-state index contributed by atoms with van der Waals surface area (Å²) in [6.45, 7) is 2.65. The quantitative estimate of drug-likeness (QED) is 0.401. The van der Waals surface area contributed by atoms with Gasteiger partial charge in [-0.3, -0.25) is 9.69 Å². The van der Waals surface area contributed by atoms with Crippen LogP contribution in [0.3, 0.4) is 0 Å². The Balaban J connectivity index is 1.79. The van der Waals surface area contributed by atoms with Gasteiger partial charge in [0.25, 0.3) is 5.91 Å². The van der Waals surface area contributed by atoms with Gasteiger partial charge in [-0.1, -0.05) is 65.8 Å². The molecule has 2 aromatic carbocycles. The average molecular weight is 410 g/mol. The van der Waals surface area contributed by atoms with Crippen LogP contribution in [-0.2, 0) is 11.3 Å². The summed E-state index contributed by atoms with van der Waals surface area (Å²) in [5.41, 5.74) is 3.04. The molecule has 0 aromatic heterocycles. The summed E-state index contributed by atoms with van der Waals surface area (Å²) in [6.07, 6.45) is 7.04. The molecule has 6 heteroatoms. The number of terminal acetylenes is 1. The van der Waals surface area contributed by atoms with Gasteiger partial charge in [-0.25, -0.2) is 0 Å². The van der Waals surface area contributed by atoms with E-state index in [9.17, 15) is 4.79 Å². The minimum absolute atomic E-state index is 0.0952. The van der Waals surface area contributed by atoms with Crippen molar-refractivity contribution in [2.75, 3.05) is 13.7 Å². The second-order valence-electron chi connectivity index (χ2n) is 6.16. The van der Waals surface area contributed by atoms with Crippen LogP contribution in [0.5, 0.6) is 11.5 Å². The van der Waals surface area contributed by atoms with E-state index >= 15 is 0 Å².